The van der Waals surface area contributed by atoms with Crippen molar-refractivity contribution >= 4 is 15.8 Å². The zero-order chi connectivity index (χ0) is 19.2. The predicted molar refractivity (Wildman–Crippen MR) is 98.1 cm³/mol. The van der Waals surface area contributed by atoms with Crippen molar-refractivity contribution in [3.63, 3.8) is 0 Å². The highest BCUT2D eigenvalue weighted by Gasteiger charge is 2.33. The molecule has 1 heterocycles. The molecule has 138 valence electrons. The van der Waals surface area contributed by atoms with Crippen LogP contribution in [0.4, 0.5) is 4.39 Å². The largest absolute Gasteiger partial charge is 0.496 e. The number of ether oxygens (including phenoxy) is 1. The zero-order valence-corrected chi connectivity index (χ0v) is 15.3. The van der Waals surface area contributed by atoms with Crippen LogP contribution in [-0.2, 0) is 16.4 Å². The molecule has 0 N–H and O–H groups in total. The van der Waals surface area contributed by atoms with E-state index in [9.17, 15) is 17.6 Å². The number of aromatic nitrogens is 1. The molecule has 27 heavy (non-hydrogen) atoms. The standard InChI is InChI=1S/C20H16FNO4S/c1-26-20-8-3-2-7-15(20)18-12-16-17(9-10-19(16)23)22(18)27(24,25)14-6-4-5-13(21)11-14/h2-8,11-12H,9-10H2,1H3. The van der Waals surface area contributed by atoms with Crippen LogP contribution in [0, 0.1) is 5.82 Å². The normalized spacial score (nSPS) is 13.6. The number of hydrogen-bond donors (Lipinski definition) is 0. The highest BCUT2D eigenvalue weighted by Crippen LogP contribution is 2.38. The van der Waals surface area contributed by atoms with Crippen LogP contribution in [0.25, 0.3) is 11.3 Å². The molecular formula is C20H16FNO4S. The summed E-state index contributed by atoms with van der Waals surface area (Å²) in [5.74, 6) is -0.263. The Morgan fingerprint density at radius 3 is 2.52 bits per heavy atom. The van der Waals surface area contributed by atoms with Gasteiger partial charge in [0, 0.05) is 23.2 Å². The van der Waals surface area contributed by atoms with Gasteiger partial charge in [-0.15, -0.1) is 0 Å². The predicted octanol–water partition coefficient (Wildman–Crippen LogP) is 3.67. The van der Waals surface area contributed by atoms with Gasteiger partial charge < -0.3 is 4.74 Å². The van der Waals surface area contributed by atoms with E-state index >= 15 is 0 Å². The fraction of sp³-hybridized carbons (Fsp3) is 0.150. The Labute approximate surface area is 156 Å². The van der Waals surface area contributed by atoms with Gasteiger partial charge in [0.05, 0.1) is 17.7 Å². The van der Waals surface area contributed by atoms with Gasteiger partial charge in [-0.1, -0.05) is 18.2 Å². The lowest BCUT2D eigenvalue weighted by Crippen LogP contribution is -2.17. The molecule has 0 amide bonds. The summed E-state index contributed by atoms with van der Waals surface area (Å²) in [5.41, 5.74) is 1.68. The topological polar surface area (TPSA) is 65.4 Å². The fourth-order valence-corrected chi connectivity index (χ4v) is 5.04. The Morgan fingerprint density at radius 2 is 1.78 bits per heavy atom. The summed E-state index contributed by atoms with van der Waals surface area (Å²) in [5, 5.41) is 0. The van der Waals surface area contributed by atoms with Crippen LogP contribution < -0.4 is 4.74 Å². The minimum Gasteiger partial charge on any atom is -0.496 e. The number of para-hydroxylation sites is 1. The molecule has 0 saturated heterocycles. The molecule has 0 aliphatic heterocycles. The number of benzene rings is 2. The first-order chi connectivity index (χ1) is 12.9. The molecule has 3 aromatic rings. The van der Waals surface area contributed by atoms with E-state index in [1.54, 1.807) is 30.3 Å². The number of hydrogen-bond acceptors (Lipinski definition) is 4. The number of halogens is 1. The Balaban J connectivity index is 2.03. The van der Waals surface area contributed by atoms with Crippen LogP contribution in [-0.4, -0.2) is 25.3 Å². The third-order valence-corrected chi connectivity index (χ3v) is 6.41. The van der Waals surface area contributed by atoms with Gasteiger partial charge in [-0.3, -0.25) is 4.79 Å². The number of fused-ring (bicyclic) bond motifs is 1. The SMILES string of the molecule is COc1ccccc1-c1cc2c(n1S(=O)(=O)c1cccc(F)c1)CCC2=O. The molecule has 0 bridgehead atoms. The summed E-state index contributed by atoms with van der Waals surface area (Å²) >= 11 is 0. The first-order valence-electron chi connectivity index (χ1n) is 8.36. The summed E-state index contributed by atoms with van der Waals surface area (Å²) in [6.45, 7) is 0. The number of carbonyl (C=O) groups is 1. The van der Waals surface area contributed by atoms with E-state index < -0.39 is 15.8 Å². The third kappa shape index (κ3) is 2.75. The lowest BCUT2D eigenvalue weighted by Gasteiger charge is -2.15. The molecular weight excluding hydrogens is 369 g/mol. The molecule has 1 aliphatic rings. The van der Waals surface area contributed by atoms with Crippen LogP contribution in [0.15, 0.2) is 59.5 Å². The Bertz CT molecular complexity index is 1160. The van der Waals surface area contributed by atoms with Gasteiger partial charge in [0.2, 0.25) is 0 Å². The van der Waals surface area contributed by atoms with Gasteiger partial charge in [-0.25, -0.2) is 16.8 Å². The van der Waals surface area contributed by atoms with Gasteiger partial charge in [0.15, 0.2) is 5.78 Å². The molecule has 7 heteroatoms. The van der Waals surface area contributed by atoms with Crippen molar-refractivity contribution < 1.29 is 22.3 Å². The lowest BCUT2D eigenvalue weighted by molar-refractivity contribution is 0.0994. The molecule has 0 saturated carbocycles. The van der Waals surface area contributed by atoms with Gasteiger partial charge >= 0.3 is 0 Å². The Kier molecular flexibility index (Phi) is 4.11. The zero-order valence-electron chi connectivity index (χ0n) is 14.5. The van der Waals surface area contributed by atoms with Gasteiger partial charge in [0.1, 0.15) is 11.6 Å². The van der Waals surface area contributed by atoms with Crippen LogP contribution in [0.3, 0.4) is 0 Å². The van der Waals surface area contributed by atoms with Gasteiger partial charge in [-0.05, 0) is 42.8 Å². The highest BCUT2D eigenvalue weighted by molar-refractivity contribution is 7.90. The smallest absolute Gasteiger partial charge is 0.268 e. The second kappa shape index (κ2) is 6.35. The summed E-state index contributed by atoms with van der Waals surface area (Å²) in [4.78, 5) is 12.1. The van der Waals surface area contributed by atoms with E-state index in [1.165, 1.54) is 25.3 Å². The van der Waals surface area contributed by atoms with E-state index in [2.05, 4.69) is 0 Å². The van der Waals surface area contributed by atoms with E-state index in [0.717, 1.165) is 10.0 Å². The van der Waals surface area contributed by atoms with Gasteiger partial charge in [0.25, 0.3) is 10.0 Å². The van der Waals surface area contributed by atoms with Crippen molar-refractivity contribution in [1.29, 1.82) is 0 Å². The highest BCUT2D eigenvalue weighted by atomic mass is 32.2. The molecule has 0 radical (unpaired) electrons. The number of carbonyl (C=O) groups excluding carboxylic acids is 1. The number of rotatable bonds is 4. The summed E-state index contributed by atoms with van der Waals surface area (Å²) in [7, 11) is -2.61. The minimum atomic E-state index is -4.10. The van der Waals surface area contributed by atoms with Crippen molar-refractivity contribution in [2.24, 2.45) is 0 Å². The van der Waals surface area contributed by atoms with Gasteiger partial charge in [-0.2, -0.15) is 0 Å². The molecule has 4 rings (SSSR count). The molecule has 1 aliphatic carbocycles. The van der Waals surface area contributed by atoms with Crippen molar-refractivity contribution in [2.75, 3.05) is 7.11 Å². The second-order valence-electron chi connectivity index (χ2n) is 6.24. The quantitative estimate of drug-likeness (QED) is 0.687. The first-order valence-corrected chi connectivity index (χ1v) is 9.80. The molecule has 5 nitrogen and oxygen atoms in total. The lowest BCUT2D eigenvalue weighted by atomic mass is 10.1. The van der Waals surface area contributed by atoms with Crippen LogP contribution in [0.5, 0.6) is 5.75 Å². The van der Waals surface area contributed by atoms with Crippen molar-refractivity contribution in [2.45, 2.75) is 17.7 Å². The summed E-state index contributed by atoms with van der Waals surface area (Å²) < 4.78 is 46.9. The Morgan fingerprint density at radius 1 is 1.00 bits per heavy atom. The average molecular weight is 385 g/mol. The minimum absolute atomic E-state index is 0.102. The first kappa shape index (κ1) is 17.5. The maximum absolute atomic E-state index is 13.7. The van der Waals surface area contributed by atoms with Crippen LogP contribution >= 0.6 is 0 Å². The number of methoxy groups -OCH3 is 1. The van der Waals surface area contributed by atoms with E-state index in [-0.39, 0.29) is 17.1 Å². The molecule has 1 aromatic heterocycles. The van der Waals surface area contributed by atoms with E-state index in [1.807, 2.05) is 0 Å². The summed E-state index contributed by atoms with van der Waals surface area (Å²) in [6, 6.07) is 13.4. The number of Topliss-reactive ketones (excluding diaryl/α,β-unsaturated/α-hetero) is 1. The molecule has 0 unspecified atom stereocenters. The van der Waals surface area contributed by atoms with E-state index in [0.29, 0.717) is 34.7 Å². The number of nitrogens with zero attached hydrogens (tertiary/aromatic N) is 1. The molecule has 0 fully saturated rings. The molecule has 2 aromatic carbocycles. The van der Waals surface area contributed by atoms with Crippen molar-refractivity contribution in [3.05, 3.63) is 71.7 Å². The fourth-order valence-electron chi connectivity index (χ4n) is 3.43. The Hall–Kier alpha value is -2.93. The molecule has 0 atom stereocenters. The summed E-state index contributed by atoms with van der Waals surface area (Å²) in [6.07, 6.45) is 0.577. The third-order valence-electron chi connectivity index (χ3n) is 4.66. The second-order valence-corrected chi connectivity index (χ2v) is 8.03. The monoisotopic (exact) mass is 385 g/mol. The maximum Gasteiger partial charge on any atom is 0.268 e. The van der Waals surface area contributed by atoms with Crippen molar-refractivity contribution in [1.82, 2.24) is 3.97 Å². The maximum atomic E-state index is 13.7. The van der Waals surface area contributed by atoms with Crippen molar-refractivity contribution in [3.8, 4) is 17.0 Å². The number of ketones is 1. The van der Waals surface area contributed by atoms with Crippen LogP contribution in [0.2, 0.25) is 0 Å². The van der Waals surface area contributed by atoms with Crippen LogP contribution in [0.1, 0.15) is 22.5 Å². The average Bonchev–Trinajstić information content (AvgIpc) is 3.21. The van der Waals surface area contributed by atoms with E-state index in [4.69, 9.17) is 4.74 Å². The molecule has 0 spiro atoms.